The highest BCUT2D eigenvalue weighted by molar-refractivity contribution is 8.76. The summed E-state index contributed by atoms with van der Waals surface area (Å²) >= 11 is 0. The molecule has 0 aromatic heterocycles. The van der Waals surface area contributed by atoms with Gasteiger partial charge in [0.25, 0.3) is 0 Å². The number of aliphatic carboxylic acids is 1. The van der Waals surface area contributed by atoms with E-state index < -0.39 is 5.97 Å². The van der Waals surface area contributed by atoms with Crippen molar-refractivity contribution in [1.29, 1.82) is 0 Å². The van der Waals surface area contributed by atoms with E-state index in [1.54, 1.807) is 10.8 Å². The third-order valence-corrected chi connectivity index (χ3v) is 5.86. The third kappa shape index (κ3) is 6.16. The first-order valence-electron chi connectivity index (χ1n) is 7.68. The second kappa shape index (κ2) is 9.68. The molecule has 0 saturated carbocycles. The van der Waals surface area contributed by atoms with E-state index in [0.717, 1.165) is 22.8 Å². The van der Waals surface area contributed by atoms with Crippen molar-refractivity contribution in [3.8, 4) is 11.5 Å². The summed E-state index contributed by atoms with van der Waals surface area (Å²) < 4.78 is 10.6. The number of benzene rings is 1. The highest BCUT2D eigenvalue weighted by Gasteiger charge is 2.17. The van der Waals surface area contributed by atoms with Crippen LogP contribution in [0.25, 0.3) is 0 Å². The van der Waals surface area contributed by atoms with E-state index in [1.165, 1.54) is 10.8 Å². The maximum atomic E-state index is 12.0. The van der Waals surface area contributed by atoms with Crippen LogP contribution in [0.15, 0.2) is 18.2 Å². The number of ether oxygens (including phenoxy) is 2. The van der Waals surface area contributed by atoms with Crippen LogP contribution >= 0.6 is 21.6 Å². The molecule has 2 N–H and O–H groups in total. The summed E-state index contributed by atoms with van der Waals surface area (Å²) in [7, 11) is 3.09. The highest BCUT2D eigenvalue weighted by Crippen LogP contribution is 2.35. The number of carboxylic acid groups (broad SMARTS) is 1. The molecule has 0 spiro atoms. The number of carboxylic acids is 1. The number of hydrogen-bond acceptors (Lipinski definition) is 6. The van der Waals surface area contributed by atoms with Crippen LogP contribution in [0.3, 0.4) is 0 Å². The Labute approximate surface area is 149 Å². The molecule has 6 nitrogen and oxygen atoms in total. The van der Waals surface area contributed by atoms with Crippen LogP contribution in [0.4, 0.5) is 0 Å². The second-order valence-electron chi connectivity index (χ2n) is 5.36. The first-order chi connectivity index (χ1) is 11.6. The number of nitrogens with one attached hydrogen (secondary N) is 1. The number of amides is 1. The van der Waals surface area contributed by atoms with Gasteiger partial charge in [-0.25, -0.2) is 0 Å². The third-order valence-electron chi connectivity index (χ3n) is 3.45. The maximum absolute atomic E-state index is 12.0. The zero-order valence-corrected chi connectivity index (χ0v) is 15.1. The van der Waals surface area contributed by atoms with Crippen molar-refractivity contribution >= 4 is 33.5 Å². The molecule has 1 heterocycles. The smallest absolute Gasteiger partial charge is 0.304 e. The van der Waals surface area contributed by atoms with Gasteiger partial charge in [-0.15, -0.1) is 0 Å². The molecule has 1 amide bonds. The second-order valence-corrected chi connectivity index (χ2v) is 8.06. The minimum Gasteiger partial charge on any atom is -0.481 e. The molecule has 132 valence electrons. The van der Waals surface area contributed by atoms with Crippen LogP contribution in [0.1, 0.15) is 31.2 Å². The van der Waals surface area contributed by atoms with Crippen molar-refractivity contribution < 1.29 is 24.2 Å². The Morgan fingerprint density at radius 3 is 2.79 bits per heavy atom. The lowest BCUT2D eigenvalue weighted by Crippen LogP contribution is -2.26. The van der Waals surface area contributed by atoms with E-state index in [4.69, 9.17) is 14.6 Å². The molecule has 8 heteroatoms. The minimum atomic E-state index is -0.783. The summed E-state index contributed by atoms with van der Waals surface area (Å²) in [4.78, 5) is 22.3. The maximum Gasteiger partial charge on any atom is 0.304 e. The number of fused-ring (bicyclic) bond motifs is 1. The van der Waals surface area contributed by atoms with Gasteiger partial charge in [-0.3, -0.25) is 9.59 Å². The lowest BCUT2D eigenvalue weighted by molar-refractivity contribution is -0.136. The zero-order chi connectivity index (χ0) is 17.4. The quantitative estimate of drug-likeness (QED) is 0.483. The van der Waals surface area contributed by atoms with E-state index in [9.17, 15) is 9.59 Å². The molecular weight excluding hydrogens is 350 g/mol. The molecular formula is C16H21NO5S2. The first-order valence-corrected chi connectivity index (χ1v) is 10.2. The molecule has 24 heavy (non-hydrogen) atoms. The molecule has 1 aromatic rings. The lowest BCUT2D eigenvalue weighted by atomic mass is 9.97. The Hall–Kier alpha value is -1.54. The van der Waals surface area contributed by atoms with Gasteiger partial charge in [-0.05, 0) is 23.6 Å². The molecule has 0 saturated heterocycles. The molecule has 0 fully saturated rings. The van der Waals surface area contributed by atoms with Gasteiger partial charge < -0.3 is 19.9 Å². The van der Waals surface area contributed by atoms with Crippen molar-refractivity contribution in [2.75, 3.05) is 24.8 Å². The minimum absolute atomic E-state index is 0.0105. The Morgan fingerprint density at radius 1 is 1.25 bits per heavy atom. The van der Waals surface area contributed by atoms with Crippen LogP contribution in [0.5, 0.6) is 11.5 Å². The fourth-order valence-electron chi connectivity index (χ4n) is 2.17. The zero-order valence-electron chi connectivity index (χ0n) is 13.4. The largest absolute Gasteiger partial charge is 0.481 e. The van der Waals surface area contributed by atoms with Gasteiger partial charge in [0.05, 0.1) is 6.42 Å². The molecule has 1 aliphatic rings. The fourth-order valence-corrected chi connectivity index (χ4v) is 4.05. The Morgan fingerprint density at radius 2 is 2.00 bits per heavy atom. The highest BCUT2D eigenvalue weighted by atomic mass is 33.1. The van der Waals surface area contributed by atoms with Gasteiger partial charge in [0.2, 0.25) is 12.7 Å². The molecule has 2 rings (SSSR count). The van der Waals surface area contributed by atoms with Crippen molar-refractivity contribution in [1.82, 2.24) is 5.32 Å². The standard InChI is InChI=1S/C16H21NO5S2/c1-11(12-2-3-13-14(9-12)22-10-21-13)8-15(18)17-5-7-24-23-6-4-16(19)20/h2-3,9,11H,4-8,10H2,1H3,(H,17,18)(H,19,20)/t11-/m0/s1. The van der Waals surface area contributed by atoms with Crippen LogP contribution in [-0.2, 0) is 9.59 Å². The lowest BCUT2D eigenvalue weighted by Gasteiger charge is -2.12. The predicted octanol–water partition coefficient (Wildman–Crippen LogP) is 2.88. The van der Waals surface area contributed by atoms with Gasteiger partial charge >= 0.3 is 5.97 Å². The number of rotatable bonds is 10. The van der Waals surface area contributed by atoms with Gasteiger partial charge in [0, 0.05) is 24.5 Å². The number of carbonyl (C=O) groups excluding carboxylic acids is 1. The van der Waals surface area contributed by atoms with E-state index in [2.05, 4.69) is 5.32 Å². The van der Waals surface area contributed by atoms with Gasteiger partial charge in [-0.2, -0.15) is 0 Å². The molecule has 1 aromatic carbocycles. The van der Waals surface area contributed by atoms with Crippen molar-refractivity contribution in [2.24, 2.45) is 0 Å². The summed E-state index contributed by atoms with van der Waals surface area (Å²) in [5.41, 5.74) is 1.05. The van der Waals surface area contributed by atoms with E-state index >= 15 is 0 Å². The Kier molecular flexibility index (Phi) is 7.58. The molecule has 0 aliphatic carbocycles. The van der Waals surface area contributed by atoms with Gasteiger partial charge in [0.15, 0.2) is 11.5 Å². The number of carbonyl (C=O) groups is 2. The van der Waals surface area contributed by atoms with Gasteiger partial charge in [-0.1, -0.05) is 34.6 Å². The van der Waals surface area contributed by atoms with Crippen LogP contribution in [0, 0.1) is 0 Å². The normalized spacial score (nSPS) is 13.5. The predicted molar refractivity (Wildman–Crippen MR) is 95.8 cm³/mol. The molecule has 1 atom stereocenters. The average molecular weight is 371 g/mol. The monoisotopic (exact) mass is 371 g/mol. The fraction of sp³-hybridized carbons (Fsp3) is 0.500. The van der Waals surface area contributed by atoms with Crippen molar-refractivity contribution in [2.45, 2.75) is 25.7 Å². The van der Waals surface area contributed by atoms with Gasteiger partial charge in [0.1, 0.15) is 0 Å². The topological polar surface area (TPSA) is 84.9 Å². The van der Waals surface area contributed by atoms with E-state index in [0.29, 0.717) is 18.7 Å². The summed E-state index contributed by atoms with van der Waals surface area (Å²) in [5.74, 6) is 2.13. The van der Waals surface area contributed by atoms with Crippen molar-refractivity contribution in [3.05, 3.63) is 23.8 Å². The molecule has 0 radical (unpaired) electrons. The summed E-state index contributed by atoms with van der Waals surface area (Å²) in [5, 5.41) is 11.4. The number of hydrogen-bond donors (Lipinski definition) is 2. The Bertz CT molecular complexity index is 582. The molecule has 1 aliphatic heterocycles. The Balaban J connectivity index is 1.62. The summed E-state index contributed by atoms with van der Waals surface area (Å²) in [6, 6.07) is 5.76. The average Bonchev–Trinajstić information content (AvgIpc) is 3.01. The van der Waals surface area contributed by atoms with Crippen LogP contribution < -0.4 is 14.8 Å². The van der Waals surface area contributed by atoms with E-state index in [1.807, 2.05) is 25.1 Å². The SMILES string of the molecule is C[C@@H](CC(=O)NCCSSCCC(=O)O)c1ccc2c(c1)OCO2. The van der Waals surface area contributed by atoms with Crippen LogP contribution in [-0.4, -0.2) is 41.8 Å². The van der Waals surface area contributed by atoms with Crippen molar-refractivity contribution in [3.63, 3.8) is 0 Å². The summed E-state index contributed by atoms with van der Waals surface area (Å²) in [6.07, 6.45) is 0.577. The molecule has 0 unspecified atom stereocenters. The summed E-state index contributed by atoms with van der Waals surface area (Å²) in [6.45, 7) is 2.83. The van der Waals surface area contributed by atoms with Crippen LogP contribution in [0.2, 0.25) is 0 Å². The first kappa shape index (κ1) is 18.8. The molecule has 0 bridgehead atoms. The van der Waals surface area contributed by atoms with E-state index in [-0.39, 0.29) is 25.0 Å².